The third-order valence-electron chi connectivity index (χ3n) is 2.29. The van der Waals surface area contributed by atoms with Crippen LogP contribution in [0.2, 0.25) is 0 Å². The molecule has 0 aliphatic carbocycles. The molecule has 1 atom stereocenters. The second-order valence-corrected chi connectivity index (χ2v) is 8.47. The van der Waals surface area contributed by atoms with Crippen molar-refractivity contribution in [3.05, 3.63) is 0 Å². The van der Waals surface area contributed by atoms with E-state index < -0.39 is 10.0 Å². The van der Waals surface area contributed by atoms with E-state index in [-0.39, 0.29) is 0 Å². The Morgan fingerprint density at radius 3 is 2.73 bits per heavy atom. The standard InChI is InChI=1S/C9H19NO2S3/c1-15(11,12)10-7-4-2-3-5-9-6-8-13-14-9/h9-10H,2-8H2,1H3. The molecule has 0 radical (unpaired) electrons. The molecule has 1 heterocycles. The molecule has 0 saturated carbocycles. The van der Waals surface area contributed by atoms with Crippen molar-refractivity contribution in [2.24, 2.45) is 0 Å². The highest BCUT2D eigenvalue weighted by molar-refractivity contribution is 8.77. The summed E-state index contributed by atoms with van der Waals surface area (Å²) in [5.74, 6) is 1.30. The van der Waals surface area contributed by atoms with Crippen LogP contribution >= 0.6 is 21.6 Å². The van der Waals surface area contributed by atoms with Gasteiger partial charge in [-0.05, 0) is 19.3 Å². The molecule has 1 unspecified atom stereocenters. The Bertz CT molecular complexity index is 261. The van der Waals surface area contributed by atoms with Gasteiger partial charge in [0, 0.05) is 17.5 Å². The van der Waals surface area contributed by atoms with Crippen LogP contribution in [-0.2, 0) is 10.0 Å². The summed E-state index contributed by atoms with van der Waals surface area (Å²) in [4.78, 5) is 0. The molecule has 3 nitrogen and oxygen atoms in total. The summed E-state index contributed by atoms with van der Waals surface area (Å²) < 4.78 is 24.0. The van der Waals surface area contributed by atoms with E-state index in [4.69, 9.17) is 0 Å². The fourth-order valence-corrected chi connectivity index (χ4v) is 5.04. The largest absolute Gasteiger partial charge is 0.215 e. The molecule has 1 fully saturated rings. The Kier molecular flexibility index (Phi) is 6.42. The van der Waals surface area contributed by atoms with Gasteiger partial charge >= 0.3 is 0 Å². The highest BCUT2D eigenvalue weighted by atomic mass is 33.1. The van der Waals surface area contributed by atoms with E-state index in [9.17, 15) is 8.42 Å². The minimum absolute atomic E-state index is 0.589. The number of rotatable bonds is 7. The number of hydrogen-bond donors (Lipinski definition) is 1. The van der Waals surface area contributed by atoms with Crippen LogP contribution in [0.1, 0.15) is 32.1 Å². The van der Waals surface area contributed by atoms with Crippen molar-refractivity contribution in [2.45, 2.75) is 37.4 Å². The van der Waals surface area contributed by atoms with Crippen LogP contribution in [0.15, 0.2) is 0 Å². The number of hydrogen-bond acceptors (Lipinski definition) is 4. The Labute approximate surface area is 101 Å². The predicted molar refractivity (Wildman–Crippen MR) is 69.8 cm³/mol. The maximum atomic E-state index is 10.8. The van der Waals surface area contributed by atoms with Gasteiger partial charge in [-0.15, -0.1) is 0 Å². The van der Waals surface area contributed by atoms with Crippen molar-refractivity contribution in [1.82, 2.24) is 4.72 Å². The summed E-state index contributed by atoms with van der Waals surface area (Å²) in [6.45, 7) is 0.589. The lowest BCUT2D eigenvalue weighted by molar-refractivity contribution is 0.575. The third-order valence-corrected chi connectivity index (χ3v) is 6.03. The summed E-state index contributed by atoms with van der Waals surface area (Å²) in [5.41, 5.74) is 0. The second kappa shape index (κ2) is 7.04. The molecular formula is C9H19NO2S3. The average Bonchev–Trinajstić information content (AvgIpc) is 2.61. The van der Waals surface area contributed by atoms with Gasteiger partial charge in [0.1, 0.15) is 0 Å². The number of sulfonamides is 1. The molecule has 1 saturated heterocycles. The molecule has 1 aliphatic rings. The lowest BCUT2D eigenvalue weighted by Crippen LogP contribution is -2.22. The summed E-state index contributed by atoms with van der Waals surface area (Å²) in [7, 11) is 1.01. The zero-order valence-electron chi connectivity index (χ0n) is 9.07. The fraction of sp³-hybridized carbons (Fsp3) is 1.00. The van der Waals surface area contributed by atoms with Gasteiger partial charge in [-0.3, -0.25) is 0 Å². The average molecular weight is 269 g/mol. The van der Waals surface area contributed by atoms with Crippen molar-refractivity contribution in [2.75, 3.05) is 18.6 Å². The Morgan fingerprint density at radius 1 is 1.33 bits per heavy atom. The molecule has 0 aromatic rings. The first-order chi connectivity index (χ1) is 7.08. The van der Waals surface area contributed by atoms with E-state index in [1.54, 1.807) is 0 Å². The van der Waals surface area contributed by atoms with Crippen molar-refractivity contribution in [1.29, 1.82) is 0 Å². The Balaban J connectivity index is 1.89. The van der Waals surface area contributed by atoms with Gasteiger partial charge in [-0.25, -0.2) is 13.1 Å². The molecule has 6 heteroatoms. The minimum Gasteiger partial charge on any atom is -0.215 e. The van der Waals surface area contributed by atoms with E-state index in [0.29, 0.717) is 6.54 Å². The van der Waals surface area contributed by atoms with E-state index >= 15 is 0 Å². The van der Waals surface area contributed by atoms with Crippen molar-refractivity contribution >= 4 is 31.6 Å². The van der Waals surface area contributed by atoms with Crippen LogP contribution in [0.5, 0.6) is 0 Å². The number of unbranched alkanes of at least 4 members (excludes halogenated alkanes) is 2. The molecule has 90 valence electrons. The van der Waals surface area contributed by atoms with E-state index in [0.717, 1.165) is 18.1 Å². The summed E-state index contributed by atoms with van der Waals surface area (Å²) in [6, 6.07) is 0. The quantitative estimate of drug-likeness (QED) is 0.569. The topological polar surface area (TPSA) is 46.2 Å². The molecule has 0 bridgehead atoms. The van der Waals surface area contributed by atoms with Crippen LogP contribution in [0.4, 0.5) is 0 Å². The van der Waals surface area contributed by atoms with Gasteiger partial charge in [0.15, 0.2) is 0 Å². The van der Waals surface area contributed by atoms with Crippen molar-refractivity contribution < 1.29 is 8.42 Å². The van der Waals surface area contributed by atoms with Gasteiger partial charge < -0.3 is 0 Å². The first-order valence-electron chi connectivity index (χ1n) is 5.31. The smallest absolute Gasteiger partial charge is 0.208 e. The zero-order valence-corrected chi connectivity index (χ0v) is 11.5. The first kappa shape index (κ1) is 13.7. The highest BCUT2D eigenvalue weighted by Gasteiger charge is 2.15. The Morgan fingerprint density at radius 2 is 2.13 bits per heavy atom. The van der Waals surface area contributed by atoms with Crippen LogP contribution in [-0.4, -0.2) is 32.2 Å². The van der Waals surface area contributed by atoms with Crippen LogP contribution in [0, 0.1) is 0 Å². The highest BCUT2D eigenvalue weighted by Crippen LogP contribution is 2.39. The van der Waals surface area contributed by atoms with Crippen molar-refractivity contribution in [3.63, 3.8) is 0 Å². The molecule has 0 spiro atoms. The molecule has 1 rings (SSSR count). The molecule has 0 aromatic heterocycles. The fourth-order valence-electron chi connectivity index (χ4n) is 1.50. The lowest BCUT2D eigenvalue weighted by Gasteiger charge is -2.06. The third kappa shape index (κ3) is 7.49. The van der Waals surface area contributed by atoms with Crippen molar-refractivity contribution in [3.8, 4) is 0 Å². The zero-order chi connectivity index (χ0) is 11.1. The SMILES string of the molecule is CS(=O)(=O)NCCCCCC1CCSS1. The van der Waals surface area contributed by atoms with Gasteiger partial charge in [0.05, 0.1) is 6.26 Å². The summed E-state index contributed by atoms with van der Waals surface area (Å²) in [6.07, 6.45) is 7.15. The molecule has 15 heavy (non-hydrogen) atoms. The summed E-state index contributed by atoms with van der Waals surface area (Å²) in [5, 5.41) is 0.845. The van der Waals surface area contributed by atoms with Gasteiger partial charge in [0.25, 0.3) is 0 Å². The van der Waals surface area contributed by atoms with Crippen LogP contribution in [0.3, 0.4) is 0 Å². The maximum absolute atomic E-state index is 10.8. The molecule has 0 amide bonds. The number of nitrogens with one attached hydrogen (secondary N) is 1. The van der Waals surface area contributed by atoms with Gasteiger partial charge in [0.2, 0.25) is 10.0 Å². The molecule has 0 aromatic carbocycles. The van der Waals surface area contributed by atoms with E-state index in [1.165, 1.54) is 31.3 Å². The molecule has 1 aliphatic heterocycles. The Hall–Kier alpha value is 0.610. The second-order valence-electron chi connectivity index (χ2n) is 3.84. The summed E-state index contributed by atoms with van der Waals surface area (Å²) >= 11 is 0. The monoisotopic (exact) mass is 269 g/mol. The lowest BCUT2D eigenvalue weighted by atomic mass is 10.1. The van der Waals surface area contributed by atoms with Crippen LogP contribution < -0.4 is 4.72 Å². The first-order valence-corrected chi connectivity index (χ1v) is 9.58. The van der Waals surface area contributed by atoms with E-state index in [2.05, 4.69) is 4.72 Å². The predicted octanol–water partition coefficient (Wildman–Crippen LogP) is 2.25. The minimum atomic E-state index is -2.98. The van der Waals surface area contributed by atoms with E-state index in [1.807, 2.05) is 21.6 Å². The maximum Gasteiger partial charge on any atom is 0.208 e. The van der Waals surface area contributed by atoms with Gasteiger partial charge in [-0.2, -0.15) is 0 Å². The van der Waals surface area contributed by atoms with Crippen LogP contribution in [0.25, 0.3) is 0 Å². The molecular weight excluding hydrogens is 250 g/mol. The molecule has 1 N–H and O–H groups in total. The van der Waals surface area contributed by atoms with Gasteiger partial charge in [-0.1, -0.05) is 34.4 Å². The normalized spacial score (nSPS) is 22.1.